The molecule has 0 aromatic heterocycles. The van der Waals surface area contributed by atoms with E-state index in [1.165, 1.54) is 0 Å². The summed E-state index contributed by atoms with van der Waals surface area (Å²) in [5, 5.41) is 4.83. The second-order valence-electron chi connectivity index (χ2n) is 4.79. The van der Waals surface area contributed by atoms with Gasteiger partial charge in [-0.25, -0.2) is 0 Å². The average molecular weight is 306 g/mol. The molecule has 0 radical (unpaired) electrons. The fourth-order valence-corrected chi connectivity index (χ4v) is 2.15. The molecule has 1 aliphatic rings. The third-order valence-electron chi connectivity index (χ3n) is 3.23. The van der Waals surface area contributed by atoms with Crippen molar-refractivity contribution in [1.29, 1.82) is 0 Å². The standard InChI is InChI=1S/C11H16F6N2O/c12-10(13,14)8(11(15,16)17)9(20)19-6-3-7-1-4-18-5-2-7/h7-8,18H,1-6H2,(H,19,20). The first-order chi connectivity index (χ1) is 9.12. The molecule has 1 heterocycles. The Morgan fingerprint density at radius 3 is 2.05 bits per heavy atom. The van der Waals surface area contributed by atoms with Crippen molar-refractivity contribution in [3.63, 3.8) is 0 Å². The smallest absolute Gasteiger partial charge is 0.355 e. The van der Waals surface area contributed by atoms with E-state index in [2.05, 4.69) is 5.32 Å². The summed E-state index contributed by atoms with van der Waals surface area (Å²) in [6.45, 7) is 1.37. The fourth-order valence-electron chi connectivity index (χ4n) is 2.15. The molecular weight excluding hydrogens is 290 g/mol. The molecule has 1 fully saturated rings. The van der Waals surface area contributed by atoms with Gasteiger partial charge >= 0.3 is 12.4 Å². The number of carbonyl (C=O) groups excluding carboxylic acids is 1. The van der Waals surface area contributed by atoms with E-state index < -0.39 is 24.2 Å². The summed E-state index contributed by atoms with van der Waals surface area (Å²) >= 11 is 0. The minimum Gasteiger partial charge on any atom is -0.355 e. The summed E-state index contributed by atoms with van der Waals surface area (Å²) in [5.41, 5.74) is 0. The Bertz CT molecular complexity index is 308. The predicted octanol–water partition coefficient (Wildman–Crippen LogP) is 2.23. The van der Waals surface area contributed by atoms with Crippen LogP contribution in [0.25, 0.3) is 0 Å². The monoisotopic (exact) mass is 306 g/mol. The third kappa shape index (κ3) is 5.18. The lowest BCUT2D eigenvalue weighted by Gasteiger charge is -2.24. The zero-order valence-corrected chi connectivity index (χ0v) is 10.6. The number of halogens is 6. The third-order valence-corrected chi connectivity index (χ3v) is 3.23. The first-order valence-corrected chi connectivity index (χ1v) is 6.24. The Labute approximate surface area is 112 Å². The van der Waals surface area contributed by atoms with Crippen molar-refractivity contribution in [3.8, 4) is 0 Å². The summed E-state index contributed by atoms with van der Waals surface area (Å²) in [4.78, 5) is 11.1. The number of carbonyl (C=O) groups is 1. The zero-order valence-electron chi connectivity index (χ0n) is 10.6. The van der Waals surface area contributed by atoms with Crippen molar-refractivity contribution < 1.29 is 31.1 Å². The van der Waals surface area contributed by atoms with Crippen molar-refractivity contribution in [3.05, 3.63) is 0 Å². The highest BCUT2D eigenvalue weighted by atomic mass is 19.4. The molecule has 3 nitrogen and oxygen atoms in total. The normalized spacial score (nSPS) is 18.4. The summed E-state index contributed by atoms with van der Waals surface area (Å²) in [7, 11) is 0. The Morgan fingerprint density at radius 2 is 1.60 bits per heavy atom. The Morgan fingerprint density at radius 1 is 1.10 bits per heavy atom. The Balaban J connectivity index is 2.46. The number of nitrogens with one attached hydrogen (secondary N) is 2. The molecule has 1 rings (SSSR count). The predicted molar refractivity (Wildman–Crippen MR) is 58.8 cm³/mol. The van der Waals surface area contributed by atoms with Crippen LogP contribution in [0.3, 0.4) is 0 Å². The van der Waals surface area contributed by atoms with E-state index in [4.69, 9.17) is 0 Å². The van der Waals surface area contributed by atoms with Crippen LogP contribution in [-0.4, -0.2) is 37.9 Å². The van der Waals surface area contributed by atoms with E-state index in [1.54, 1.807) is 5.32 Å². The molecule has 1 aliphatic heterocycles. The number of amides is 1. The van der Waals surface area contributed by atoms with Crippen LogP contribution in [0.15, 0.2) is 0 Å². The van der Waals surface area contributed by atoms with Crippen LogP contribution >= 0.6 is 0 Å². The number of piperidine rings is 1. The second-order valence-corrected chi connectivity index (χ2v) is 4.79. The van der Waals surface area contributed by atoms with E-state index in [1.807, 2.05) is 0 Å². The summed E-state index contributed by atoms with van der Waals surface area (Å²) < 4.78 is 73.6. The van der Waals surface area contributed by atoms with Crippen LogP contribution in [0, 0.1) is 11.8 Å². The highest BCUT2D eigenvalue weighted by molar-refractivity contribution is 5.80. The summed E-state index contributed by atoms with van der Waals surface area (Å²) in [6.07, 6.45) is -9.26. The van der Waals surface area contributed by atoms with Crippen molar-refractivity contribution in [2.75, 3.05) is 19.6 Å². The van der Waals surface area contributed by atoms with Crippen molar-refractivity contribution in [1.82, 2.24) is 10.6 Å². The SMILES string of the molecule is O=C(NCCC1CCNCC1)C(C(F)(F)F)C(F)(F)F. The van der Waals surface area contributed by atoms with Crippen LogP contribution in [0.2, 0.25) is 0 Å². The molecule has 118 valence electrons. The Kier molecular flexibility index (Phi) is 5.67. The van der Waals surface area contributed by atoms with E-state index in [-0.39, 0.29) is 12.5 Å². The largest absolute Gasteiger partial charge is 0.409 e. The maximum absolute atomic E-state index is 12.3. The van der Waals surface area contributed by atoms with Gasteiger partial charge in [0.15, 0.2) is 0 Å². The van der Waals surface area contributed by atoms with Gasteiger partial charge in [-0.3, -0.25) is 4.79 Å². The van der Waals surface area contributed by atoms with E-state index in [9.17, 15) is 31.1 Å². The van der Waals surface area contributed by atoms with Crippen LogP contribution < -0.4 is 10.6 Å². The van der Waals surface area contributed by atoms with Gasteiger partial charge in [0.2, 0.25) is 11.8 Å². The molecule has 0 spiro atoms. The van der Waals surface area contributed by atoms with Gasteiger partial charge in [0, 0.05) is 6.54 Å². The van der Waals surface area contributed by atoms with Crippen LogP contribution in [-0.2, 0) is 4.79 Å². The maximum atomic E-state index is 12.3. The number of hydrogen-bond acceptors (Lipinski definition) is 2. The van der Waals surface area contributed by atoms with Crippen LogP contribution in [0.5, 0.6) is 0 Å². The fraction of sp³-hybridized carbons (Fsp3) is 0.909. The molecule has 0 saturated carbocycles. The number of rotatable bonds is 4. The topological polar surface area (TPSA) is 41.1 Å². The van der Waals surface area contributed by atoms with Gasteiger partial charge in [-0.05, 0) is 38.3 Å². The molecule has 9 heteroatoms. The number of alkyl halides is 6. The lowest BCUT2D eigenvalue weighted by Crippen LogP contribution is -2.48. The molecule has 0 aromatic rings. The van der Waals surface area contributed by atoms with Gasteiger partial charge in [-0.2, -0.15) is 26.3 Å². The molecule has 0 atom stereocenters. The molecule has 0 aliphatic carbocycles. The average Bonchev–Trinajstić information content (AvgIpc) is 2.26. The molecule has 0 unspecified atom stereocenters. The van der Waals surface area contributed by atoms with Gasteiger partial charge in [0.05, 0.1) is 0 Å². The summed E-state index contributed by atoms with van der Waals surface area (Å²) in [5.74, 6) is -5.77. The van der Waals surface area contributed by atoms with Gasteiger partial charge in [-0.1, -0.05) is 0 Å². The Hall–Kier alpha value is -0.990. The highest BCUT2D eigenvalue weighted by Crippen LogP contribution is 2.39. The maximum Gasteiger partial charge on any atom is 0.409 e. The highest BCUT2D eigenvalue weighted by Gasteiger charge is 2.60. The van der Waals surface area contributed by atoms with Crippen molar-refractivity contribution in [2.24, 2.45) is 11.8 Å². The lowest BCUT2D eigenvalue weighted by molar-refractivity contribution is -0.274. The quantitative estimate of drug-likeness (QED) is 0.782. The zero-order chi connectivity index (χ0) is 15.4. The summed E-state index contributed by atoms with van der Waals surface area (Å²) in [6, 6.07) is 0. The van der Waals surface area contributed by atoms with E-state index in [0.717, 1.165) is 25.9 Å². The molecule has 1 saturated heterocycles. The molecular formula is C11H16F6N2O. The molecule has 2 N–H and O–H groups in total. The van der Waals surface area contributed by atoms with Gasteiger partial charge in [-0.15, -0.1) is 0 Å². The van der Waals surface area contributed by atoms with Gasteiger partial charge in [0.25, 0.3) is 0 Å². The van der Waals surface area contributed by atoms with Gasteiger partial charge < -0.3 is 10.6 Å². The second kappa shape index (κ2) is 6.64. The van der Waals surface area contributed by atoms with Crippen LogP contribution in [0.4, 0.5) is 26.3 Å². The molecule has 0 aromatic carbocycles. The van der Waals surface area contributed by atoms with Crippen molar-refractivity contribution in [2.45, 2.75) is 31.6 Å². The van der Waals surface area contributed by atoms with Crippen LogP contribution in [0.1, 0.15) is 19.3 Å². The first-order valence-electron chi connectivity index (χ1n) is 6.24. The van der Waals surface area contributed by atoms with E-state index in [0.29, 0.717) is 6.42 Å². The molecule has 20 heavy (non-hydrogen) atoms. The lowest BCUT2D eigenvalue weighted by atomic mass is 9.94. The number of hydrogen-bond donors (Lipinski definition) is 2. The van der Waals surface area contributed by atoms with E-state index >= 15 is 0 Å². The molecule has 0 bridgehead atoms. The van der Waals surface area contributed by atoms with Crippen molar-refractivity contribution >= 4 is 5.91 Å². The molecule has 1 amide bonds. The minimum absolute atomic E-state index is 0.174. The minimum atomic E-state index is -5.63. The first kappa shape index (κ1) is 17.1. The van der Waals surface area contributed by atoms with Gasteiger partial charge in [0.1, 0.15) is 0 Å².